The van der Waals surface area contributed by atoms with E-state index in [1.807, 2.05) is 45.0 Å². The van der Waals surface area contributed by atoms with Crippen LogP contribution in [0.3, 0.4) is 0 Å². The number of aromatic nitrogens is 2. The number of para-hydroxylation sites is 1. The number of benzene rings is 2. The first-order valence-electron chi connectivity index (χ1n) is 8.70. The Labute approximate surface area is 168 Å². The van der Waals surface area contributed by atoms with Gasteiger partial charge in [0, 0.05) is 29.2 Å². The molecule has 2 aromatic carbocycles. The minimum Gasteiger partial charge on any atom is -0.495 e. The van der Waals surface area contributed by atoms with Crippen LogP contribution in [0.4, 0.5) is 17.3 Å². The molecule has 0 atom stereocenters. The van der Waals surface area contributed by atoms with Gasteiger partial charge in [-0.25, -0.2) is 9.97 Å². The number of rotatable bonds is 5. The molecule has 0 aliphatic heterocycles. The topological polar surface area (TPSA) is 76.1 Å². The van der Waals surface area contributed by atoms with Gasteiger partial charge in [0.1, 0.15) is 5.75 Å². The van der Waals surface area contributed by atoms with Crippen LogP contribution < -0.4 is 15.4 Å². The van der Waals surface area contributed by atoms with Gasteiger partial charge in [0.2, 0.25) is 5.95 Å². The number of anilines is 3. The largest absolute Gasteiger partial charge is 0.495 e. The summed E-state index contributed by atoms with van der Waals surface area (Å²) in [6.07, 6.45) is 2.96. The number of ether oxygens (including phenoxy) is 1. The molecule has 0 spiro atoms. The van der Waals surface area contributed by atoms with Crippen LogP contribution in [-0.4, -0.2) is 23.0 Å². The summed E-state index contributed by atoms with van der Waals surface area (Å²) >= 11 is 6.13. The summed E-state index contributed by atoms with van der Waals surface area (Å²) in [6, 6.07) is 9.44. The van der Waals surface area contributed by atoms with E-state index in [1.54, 1.807) is 13.2 Å². The van der Waals surface area contributed by atoms with E-state index in [0.717, 1.165) is 22.4 Å². The Kier molecular flexibility index (Phi) is 5.80. The quantitative estimate of drug-likeness (QED) is 0.630. The third kappa shape index (κ3) is 4.23. The lowest BCUT2D eigenvalue weighted by Crippen LogP contribution is -2.14. The van der Waals surface area contributed by atoms with Crippen LogP contribution in [0.15, 0.2) is 42.7 Å². The van der Waals surface area contributed by atoms with Crippen molar-refractivity contribution >= 4 is 34.8 Å². The van der Waals surface area contributed by atoms with Gasteiger partial charge in [-0.05, 0) is 43.5 Å². The van der Waals surface area contributed by atoms with Crippen molar-refractivity contribution in [2.75, 3.05) is 17.7 Å². The van der Waals surface area contributed by atoms with Crippen molar-refractivity contribution in [2.24, 2.45) is 0 Å². The summed E-state index contributed by atoms with van der Waals surface area (Å²) in [5.74, 6) is 0.670. The van der Waals surface area contributed by atoms with Crippen LogP contribution in [0.2, 0.25) is 5.02 Å². The molecule has 2 N–H and O–H groups in total. The number of halogens is 1. The monoisotopic (exact) mass is 396 g/mol. The fraction of sp³-hybridized carbons (Fsp3) is 0.190. The zero-order valence-electron chi connectivity index (χ0n) is 16.1. The molecule has 0 saturated heterocycles. The van der Waals surface area contributed by atoms with Gasteiger partial charge in [0.05, 0.1) is 18.4 Å². The Morgan fingerprint density at radius 1 is 1.04 bits per heavy atom. The minimum absolute atomic E-state index is 0.260. The van der Waals surface area contributed by atoms with Crippen molar-refractivity contribution < 1.29 is 9.53 Å². The first kappa shape index (κ1) is 19.6. The van der Waals surface area contributed by atoms with Crippen LogP contribution in [0.1, 0.15) is 27.0 Å². The maximum absolute atomic E-state index is 12.5. The second-order valence-corrected chi connectivity index (χ2v) is 6.85. The van der Waals surface area contributed by atoms with Gasteiger partial charge in [-0.3, -0.25) is 4.79 Å². The first-order valence-corrected chi connectivity index (χ1v) is 9.07. The van der Waals surface area contributed by atoms with E-state index >= 15 is 0 Å². The molecule has 1 amide bonds. The van der Waals surface area contributed by atoms with Gasteiger partial charge in [-0.15, -0.1) is 0 Å². The lowest BCUT2D eigenvalue weighted by Gasteiger charge is -2.13. The molecule has 144 valence electrons. The van der Waals surface area contributed by atoms with Crippen molar-refractivity contribution in [3.05, 3.63) is 70.0 Å². The van der Waals surface area contributed by atoms with E-state index in [0.29, 0.717) is 28.0 Å². The van der Waals surface area contributed by atoms with Crippen LogP contribution in [-0.2, 0) is 0 Å². The van der Waals surface area contributed by atoms with Crippen LogP contribution >= 0.6 is 11.6 Å². The first-order chi connectivity index (χ1) is 13.4. The zero-order valence-corrected chi connectivity index (χ0v) is 16.9. The molecule has 3 aromatic rings. The Morgan fingerprint density at radius 3 is 2.29 bits per heavy atom. The summed E-state index contributed by atoms with van der Waals surface area (Å²) in [5.41, 5.74) is 4.76. The molecule has 0 fully saturated rings. The normalized spacial score (nSPS) is 10.5. The highest BCUT2D eigenvalue weighted by Gasteiger charge is 2.12. The summed E-state index contributed by atoms with van der Waals surface area (Å²) in [4.78, 5) is 21.0. The lowest BCUT2D eigenvalue weighted by molar-refractivity contribution is 0.102. The number of carbonyl (C=O) groups excluding carboxylic acids is 1. The van der Waals surface area contributed by atoms with E-state index in [9.17, 15) is 4.79 Å². The fourth-order valence-electron chi connectivity index (χ4n) is 2.76. The molecule has 0 bridgehead atoms. The molecular formula is C21H21ClN4O2. The van der Waals surface area contributed by atoms with Gasteiger partial charge in [-0.2, -0.15) is 0 Å². The molecule has 0 radical (unpaired) electrons. The average Bonchev–Trinajstić information content (AvgIpc) is 2.68. The summed E-state index contributed by atoms with van der Waals surface area (Å²) < 4.78 is 5.34. The Hall–Kier alpha value is -3.12. The lowest BCUT2D eigenvalue weighted by atomic mass is 10.1. The van der Waals surface area contributed by atoms with E-state index in [2.05, 4.69) is 20.6 Å². The van der Waals surface area contributed by atoms with Gasteiger partial charge >= 0.3 is 0 Å². The number of amides is 1. The van der Waals surface area contributed by atoms with E-state index < -0.39 is 0 Å². The number of nitrogens with zero attached hydrogens (tertiary/aromatic N) is 2. The smallest absolute Gasteiger partial charge is 0.258 e. The maximum atomic E-state index is 12.5. The van der Waals surface area contributed by atoms with E-state index in [-0.39, 0.29) is 5.91 Å². The summed E-state index contributed by atoms with van der Waals surface area (Å²) in [7, 11) is 1.56. The third-order valence-corrected chi connectivity index (χ3v) is 4.77. The molecule has 7 heteroatoms. The van der Waals surface area contributed by atoms with Crippen molar-refractivity contribution in [3.8, 4) is 5.75 Å². The average molecular weight is 397 g/mol. The molecular weight excluding hydrogens is 376 g/mol. The van der Waals surface area contributed by atoms with Crippen molar-refractivity contribution in [1.29, 1.82) is 0 Å². The molecule has 0 aliphatic rings. The molecule has 6 nitrogen and oxygen atoms in total. The van der Waals surface area contributed by atoms with E-state index in [1.165, 1.54) is 12.4 Å². The Balaban J connectivity index is 1.77. The second-order valence-electron chi connectivity index (χ2n) is 6.44. The second kappa shape index (κ2) is 8.27. The standard InChI is InChI=1S/C21H21ClN4O2/c1-12-6-5-7-13(2)19(12)26-20(27)15-10-23-21(24-11-15)25-17-8-14(3)16(22)9-18(17)28-4/h5-11H,1-4H3,(H,26,27)(H,23,24,25). The Morgan fingerprint density at radius 2 is 1.68 bits per heavy atom. The number of nitrogens with one attached hydrogen (secondary N) is 2. The van der Waals surface area contributed by atoms with Gasteiger partial charge in [-0.1, -0.05) is 29.8 Å². The van der Waals surface area contributed by atoms with Crippen LogP contribution in [0.25, 0.3) is 0 Å². The van der Waals surface area contributed by atoms with E-state index in [4.69, 9.17) is 16.3 Å². The number of aryl methyl sites for hydroxylation is 3. The predicted molar refractivity (Wildman–Crippen MR) is 112 cm³/mol. The number of methoxy groups -OCH3 is 1. The van der Waals surface area contributed by atoms with Crippen molar-refractivity contribution in [1.82, 2.24) is 9.97 Å². The highest BCUT2D eigenvalue weighted by atomic mass is 35.5. The SMILES string of the molecule is COc1cc(Cl)c(C)cc1Nc1ncc(C(=O)Nc2c(C)cccc2C)cn1. The third-order valence-electron chi connectivity index (χ3n) is 4.36. The molecule has 1 heterocycles. The maximum Gasteiger partial charge on any atom is 0.258 e. The summed E-state index contributed by atoms with van der Waals surface area (Å²) in [6.45, 7) is 5.80. The van der Waals surface area contributed by atoms with Gasteiger partial charge < -0.3 is 15.4 Å². The molecule has 0 unspecified atom stereocenters. The van der Waals surface area contributed by atoms with Gasteiger partial charge in [0.15, 0.2) is 0 Å². The van der Waals surface area contributed by atoms with Crippen LogP contribution in [0.5, 0.6) is 5.75 Å². The highest BCUT2D eigenvalue weighted by Crippen LogP contribution is 2.32. The molecule has 28 heavy (non-hydrogen) atoms. The summed E-state index contributed by atoms with van der Waals surface area (Å²) in [5, 5.41) is 6.62. The minimum atomic E-state index is -0.260. The van der Waals surface area contributed by atoms with Crippen molar-refractivity contribution in [2.45, 2.75) is 20.8 Å². The zero-order chi connectivity index (χ0) is 20.3. The number of hydrogen-bond acceptors (Lipinski definition) is 5. The number of carbonyl (C=O) groups is 1. The predicted octanol–water partition coefficient (Wildman–Crippen LogP) is 5.06. The Bertz CT molecular complexity index is 999. The van der Waals surface area contributed by atoms with Crippen molar-refractivity contribution in [3.63, 3.8) is 0 Å². The fourth-order valence-corrected chi connectivity index (χ4v) is 2.91. The van der Waals surface area contributed by atoms with Gasteiger partial charge in [0.25, 0.3) is 5.91 Å². The molecule has 0 saturated carbocycles. The van der Waals surface area contributed by atoms with Crippen LogP contribution in [0, 0.1) is 20.8 Å². The molecule has 0 aliphatic carbocycles. The molecule has 1 aromatic heterocycles. The number of hydrogen-bond donors (Lipinski definition) is 2. The molecule has 3 rings (SSSR count). The highest BCUT2D eigenvalue weighted by molar-refractivity contribution is 6.31.